The average molecular weight is 267 g/mol. The van der Waals surface area contributed by atoms with Crippen molar-refractivity contribution in [2.45, 2.75) is 19.4 Å². The van der Waals surface area contributed by atoms with Crippen molar-refractivity contribution in [2.75, 3.05) is 13.7 Å². The molecule has 0 heterocycles. The molecule has 0 aromatic heterocycles. The Morgan fingerprint density at radius 3 is 2.42 bits per heavy atom. The normalized spacial score (nSPS) is 11.5. The molecule has 6 heteroatoms. The van der Waals surface area contributed by atoms with E-state index < -0.39 is 18.2 Å². The van der Waals surface area contributed by atoms with Crippen LogP contribution in [0.1, 0.15) is 12.5 Å². The maximum atomic E-state index is 11.5. The van der Waals surface area contributed by atoms with E-state index in [4.69, 9.17) is 10.5 Å². The molecule has 0 radical (unpaired) electrons. The van der Waals surface area contributed by atoms with Gasteiger partial charge in [-0.05, 0) is 31.0 Å². The van der Waals surface area contributed by atoms with Crippen LogP contribution in [0.5, 0.6) is 5.75 Å². The monoisotopic (exact) mass is 267 g/mol. The molecule has 1 rings (SSSR count). The molecule has 0 aliphatic carbocycles. The van der Waals surface area contributed by atoms with Crippen molar-refractivity contribution in [3.05, 3.63) is 29.8 Å². The highest BCUT2D eigenvalue weighted by Gasteiger charge is 2.19. The number of carbonyl (C=O) groups is 2. The number of hydrogen-bond donors (Lipinski definition) is 1. The number of rotatable bonds is 5. The number of methoxy groups -OCH3 is 1. The fraction of sp³-hybridized carbons (Fsp3) is 0.385. The summed E-state index contributed by atoms with van der Waals surface area (Å²) in [5, 5.41) is 0. The standard InChI is InChI=1S/C13H17NO5/c1-3-18-13(16)19-12(15)11(14)8-9-4-6-10(17-2)7-5-9/h4-7,11H,3,8,14H2,1-2H3/t11-/m0/s1. The summed E-state index contributed by atoms with van der Waals surface area (Å²) >= 11 is 0. The molecule has 6 nitrogen and oxygen atoms in total. The third-order valence-electron chi connectivity index (χ3n) is 2.36. The van der Waals surface area contributed by atoms with Gasteiger partial charge in [0.1, 0.15) is 11.8 Å². The number of nitrogens with two attached hydrogens (primary N) is 1. The minimum Gasteiger partial charge on any atom is -0.497 e. The van der Waals surface area contributed by atoms with E-state index in [9.17, 15) is 9.59 Å². The van der Waals surface area contributed by atoms with E-state index in [1.54, 1.807) is 38.3 Å². The molecular weight excluding hydrogens is 250 g/mol. The van der Waals surface area contributed by atoms with Gasteiger partial charge in [-0.2, -0.15) is 0 Å². The zero-order valence-corrected chi connectivity index (χ0v) is 10.9. The second-order valence-electron chi connectivity index (χ2n) is 3.76. The molecule has 0 fully saturated rings. The summed E-state index contributed by atoms with van der Waals surface area (Å²) in [4.78, 5) is 22.4. The van der Waals surface area contributed by atoms with Gasteiger partial charge in [-0.15, -0.1) is 0 Å². The lowest BCUT2D eigenvalue weighted by atomic mass is 10.1. The van der Waals surface area contributed by atoms with Crippen LogP contribution in [-0.4, -0.2) is 31.9 Å². The van der Waals surface area contributed by atoms with Gasteiger partial charge in [-0.3, -0.25) is 0 Å². The molecule has 0 saturated carbocycles. The van der Waals surface area contributed by atoms with E-state index in [-0.39, 0.29) is 13.0 Å². The molecule has 0 bridgehead atoms. The Morgan fingerprint density at radius 2 is 1.89 bits per heavy atom. The SMILES string of the molecule is CCOC(=O)OC(=O)[C@@H](N)Cc1ccc(OC)cc1. The van der Waals surface area contributed by atoms with Gasteiger partial charge in [0.25, 0.3) is 0 Å². The van der Waals surface area contributed by atoms with Crippen LogP contribution >= 0.6 is 0 Å². The Morgan fingerprint density at radius 1 is 1.26 bits per heavy atom. The first-order valence-electron chi connectivity index (χ1n) is 5.83. The topological polar surface area (TPSA) is 87.9 Å². The molecule has 0 aliphatic rings. The third-order valence-corrected chi connectivity index (χ3v) is 2.36. The van der Waals surface area contributed by atoms with E-state index in [1.165, 1.54) is 0 Å². The number of esters is 1. The van der Waals surface area contributed by atoms with Gasteiger partial charge in [-0.1, -0.05) is 12.1 Å². The molecule has 1 atom stereocenters. The number of benzene rings is 1. The zero-order chi connectivity index (χ0) is 14.3. The van der Waals surface area contributed by atoms with E-state index in [1.807, 2.05) is 0 Å². The summed E-state index contributed by atoms with van der Waals surface area (Å²) in [5.41, 5.74) is 6.49. The minimum absolute atomic E-state index is 0.139. The van der Waals surface area contributed by atoms with Gasteiger partial charge in [0.05, 0.1) is 13.7 Å². The molecule has 0 aliphatic heterocycles. The Hall–Kier alpha value is -2.08. The maximum absolute atomic E-state index is 11.5. The molecule has 19 heavy (non-hydrogen) atoms. The quantitative estimate of drug-likeness (QED) is 0.638. The Balaban J connectivity index is 2.50. The Labute approximate surface area is 111 Å². The van der Waals surface area contributed by atoms with Crippen LogP contribution in [-0.2, 0) is 20.7 Å². The molecule has 1 aromatic carbocycles. The van der Waals surface area contributed by atoms with E-state index >= 15 is 0 Å². The molecule has 0 unspecified atom stereocenters. The lowest BCUT2D eigenvalue weighted by Crippen LogP contribution is -2.35. The fourth-order valence-corrected chi connectivity index (χ4v) is 1.40. The first kappa shape index (κ1) is 15.0. The summed E-state index contributed by atoms with van der Waals surface area (Å²) in [6.07, 6.45) is -0.764. The van der Waals surface area contributed by atoms with E-state index in [2.05, 4.69) is 9.47 Å². The van der Waals surface area contributed by atoms with Crippen LogP contribution in [0.2, 0.25) is 0 Å². The first-order chi connectivity index (χ1) is 9.06. The van der Waals surface area contributed by atoms with Gasteiger partial charge in [-0.25, -0.2) is 9.59 Å². The molecule has 2 N–H and O–H groups in total. The van der Waals surface area contributed by atoms with Gasteiger partial charge in [0.2, 0.25) is 0 Å². The molecular formula is C13H17NO5. The van der Waals surface area contributed by atoms with Crippen molar-refractivity contribution in [1.82, 2.24) is 0 Å². The Kier molecular flexibility index (Phi) is 5.81. The lowest BCUT2D eigenvalue weighted by molar-refractivity contribution is -0.141. The van der Waals surface area contributed by atoms with Crippen molar-refractivity contribution in [3.8, 4) is 5.75 Å². The zero-order valence-electron chi connectivity index (χ0n) is 10.9. The maximum Gasteiger partial charge on any atom is 0.516 e. The third kappa shape index (κ3) is 4.97. The van der Waals surface area contributed by atoms with Crippen molar-refractivity contribution in [1.29, 1.82) is 0 Å². The van der Waals surface area contributed by atoms with Crippen LogP contribution in [0.4, 0.5) is 4.79 Å². The highest BCUT2D eigenvalue weighted by molar-refractivity contribution is 5.85. The summed E-state index contributed by atoms with van der Waals surface area (Å²) in [6, 6.07) is 6.18. The molecule has 104 valence electrons. The largest absolute Gasteiger partial charge is 0.516 e. The van der Waals surface area contributed by atoms with Gasteiger partial charge >= 0.3 is 12.1 Å². The van der Waals surface area contributed by atoms with Gasteiger partial charge in [0, 0.05) is 0 Å². The van der Waals surface area contributed by atoms with Crippen LogP contribution in [0, 0.1) is 0 Å². The van der Waals surface area contributed by atoms with Gasteiger partial charge in [0.15, 0.2) is 0 Å². The van der Waals surface area contributed by atoms with Crippen molar-refractivity contribution in [3.63, 3.8) is 0 Å². The highest BCUT2D eigenvalue weighted by Crippen LogP contribution is 2.12. The first-order valence-corrected chi connectivity index (χ1v) is 5.83. The predicted octanol–water partition coefficient (Wildman–Crippen LogP) is 1.26. The second-order valence-corrected chi connectivity index (χ2v) is 3.76. The second kappa shape index (κ2) is 7.38. The molecule has 0 spiro atoms. The van der Waals surface area contributed by atoms with Crippen LogP contribution in [0.15, 0.2) is 24.3 Å². The van der Waals surface area contributed by atoms with Gasteiger partial charge < -0.3 is 19.9 Å². The summed E-state index contributed by atoms with van der Waals surface area (Å²) in [6.45, 7) is 1.75. The number of carbonyl (C=O) groups excluding carboxylic acids is 2. The predicted molar refractivity (Wildman–Crippen MR) is 67.8 cm³/mol. The van der Waals surface area contributed by atoms with Crippen molar-refractivity contribution < 1.29 is 23.8 Å². The Bertz CT molecular complexity index is 429. The van der Waals surface area contributed by atoms with Crippen LogP contribution in [0.3, 0.4) is 0 Å². The van der Waals surface area contributed by atoms with Crippen LogP contribution in [0.25, 0.3) is 0 Å². The molecule has 0 saturated heterocycles. The summed E-state index contributed by atoms with van der Waals surface area (Å²) in [5.74, 6) is -0.0966. The number of ether oxygens (including phenoxy) is 3. The van der Waals surface area contributed by atoms with Crippen molar-refractivity contribution >= 4 is 12.1 Å². The average Bonchev–Trinajstić information content (AvgIpc) is 2.39. The van der Waals surface area contributed by atoms with E-state index in [0.29, 0.717) is 5.75 Å². The number of hydrogen-bond acceptors (Lipinski definition) is 6. The smallest absolute Gasteiger partial charge is 0.497 e. The van der Waals surface area contributed by atoms with E-state index in [0.717, 1.165) is 5.56 Å². The minimum atomic E-state index is -1.03. The molecule has 1 aromatic rings. The fourth-order valence-electron chi connectivity index (χ4n) is 1.40. The summed E-state index contributed by atoms with van der Waals surface area (Å²) in [7, 11) is 1.57. The van der Waals surface area contributed by atoms with Crippen molar-refractivity contribution in [2.24, 2.45) is 5.73 Å². The summed E-state index contributed by atoms with van der Waals surface area (Å²) < 4.78 is 13.9. The highest BCUT2D eigenvalue weighted by atomic mass is 16.7. The molecule has 0 amide bonds. The lowest BCUT2D eigenvalue weighted by Gasteiger charge is -2.10. The van der Waals surface area contributed by atoms with Crippen LogP contribution < -0.4 is 10.5 Å².